The molecular weight excluding hydrogens is 218 g/mol. The molecule has 0 aromatic heterocycles. The topological polar surface area (TPSA) is 66.4 Å². The van der Waals surface area contributed by atoms with Crippen molar-refractivity contribution < 1.29 is 14.7 Å². The second-order valence-electron chi connectivity index (χ2n) is 5.62. The number of carbonyl (C=O) groups excluding carboxylic acids is 1. The average Bonchev–Trinajstić information content (AvgIpc) is 2.86. The number of carboxylic acid groups (broad SMARTS) is 1. The summed E-state index contributed by atoms with van der Waals surface area (Å²) in [6.45, 7) is 2.03. The molecule has 17 heavy (non-hydrogen) atoms. The first kappa shape index (κ1) is 12.4. The van der Waals surface area contributed by atoms with Crippen molar-refractivity contribution in [2.24, 2.45) is 17.8 Å². The van der Waals surface area contributed by atoms with Gasteiger partial charge in [-0.2, -0.15) is 0 Å². The summed E-state index contributed by atoms with van der Waals surface area (Å²) in [5.74, 6) is -1.31. The first-order chi connectivity index (χ1) is 8.08. The van der Waals surface area contributed by atoms with E-state index in [1.807, 2.05) is 6.92 Å². The van der Waals surface area contributed by atoms with E-state index in [2.05, 4.69) is 5.32 Å². The van der Waals surface area contributed by atoms with Gasteiger partial charge in [0.25, 0.3) is 0 Å². The van der Waals surface area contributed by atoms with Gasteiger partial charge in [-0.25, -0.2) is 0 Å². The van der Waals surface area contributed by atoms with E-state index < -0.39 is 11.9 Å². The highest BCUT2D eigenvalue weighted by molar-refractivity contribution is 5.85. The van der Waals surface area contributed by atoms with E-state index in [0.717, 1.165) is 19.3 Å². The molecule has 0 saturated heterocycles. The van der Waals surface area contributed by atoms with Crippen LogP contribution in [0, 0.1) is 17.8 Å². The molecule has 0 spiro atoms. The normalized spacial score (nSPS) is 33.8. The number of amides is 1. The lowest BCUT2D eigenvalue weighted by Gasteiger charge is -2.19. The minimum absolute atomic E-state index is 0.0337. The van der Waals surface area contributed by atoms with Crippen LogP contribution in [0.5, 0.6) is 0 Å². The van der Waals surface area contributed by atoms with E-state index in [1.165, 1.54) is 12.8 Å². The summed E-state index contributed by atoms with van der Waals surface area (Å²) in [4.78, 5) is 23.2. The maximum Gasteiger partial charge on any atom is 0.307 e. The molecule has 0 bridgehead atoms. The Hall–Kier alpha value is -1.06. The van der Waals surface area contributed by atoms with Gasteiger partial charge in [0.15, 0.2) is 0 Å². The molecule has 2 fully saturated rings. The minimum atomic E-state index is -0.819. The Balaban J connectivity index is 1.94. The second-order valence-corrected chi connectivity index (χ2v) is 5.62. The van der Waals surface area contributed by atoms with E-state index in [-0.39, 0.29) is 17.9 Å². The number of aliphatic carboxylic acids is 1. The van der Waals surface area contributed by atoms with Crippen molar-refractivity contribution in [3.8, 4) is 0 Å². The van der Waals surface area contributed by atoms with Gasteiger partial charge in [-0.1, -0.05) is 19.8 Å². The molecule has 2 saturated carbocycles. The van der Waals surface area contributed by atoms with Crippen molar-refractivity contribution in [2.75, 3.05) is 0 Å². The van der Waals surface area contributed by atoms with E-state index in [4.69, 9.17) is 5.11 Å². The van der Waals surface area contributed by atoms with Gasteiger partial charge in [0.2, 0.25) is 5.91 Å². The first-order valence-corrected chi connectivity index (χ1v) is 6.61. The minimum Gasteiger partial charge on any atom is -0.481 e. The summed E-state index contributed by atoms with van der Waals surface area (Å²) < 4.78 is 0. The van der Waals surface area contributed by atoms with Crippen molar-refractivity contribution in [3.63, 3.8) is 0 Å². The fraction of sp³-hybridized carbons (Fsp3) is 0.846. The summed E-state index contributed by atoms with van der Waals surface area (Å²) in [7, 11) is 0. The molecule has 0 aromatic carbocycles. The number of rotatable bonds is 3. The summed E-state index contributed by atoms with van der Waals surface area (Å²) in [6, 6.07) is 0.285. The van der Waals surface area contributed by atoms with Crippen molar-refractivity contribution in [2.45, 2.75) is 51.5 Å². The average molecular weight is 239 g/mol. The SMILES string of the molecule is CC1CC(C(=O)O)C(C(=O)NC2CCCC2)C1. The van der Waals surface area contributed by atoms with Crippen LogP contribution in [0.4, 0.5) is 0 Å². The van der Waals surface area contributed by atoms with Gasteiger partial charge in [0.05, 0.1) is 11.8 Å². The number of carbonyl (C=O) groups is 2. The van der Waals surface area contributed by atoms with Crippen molar-refractivity contribution in [1.82, 2.24) is 5.32 Å². The number of carboxylic acids is 1. The molecule has 1 amide bonds. The molecule has 3 atom stereocenters. The highest BCUT2D eigenvalue weighted by Crippen LogP contribution is 2.36. The van der Waals surface area contributed by atoms with Crippen LogP contribution in [0.2, 0.25) is 0 Å². The highest BCUT2D eigenvalue weighted by atomic mass is 16.4. The molecular formula is C13H21NO3. The van der Waals surface area contributed by atoms with Gasteiger partial charge in [-0.05, 0) is 31.6 Å². The van der Waals surface area contributed by atoms with Crippen molar-refractivity contribution >= 4 is 11.9 Å². The lowest BCUT2D eigenvalue weighted by molar-refractivity contribution is -0.146. The Bertz CT molecular complexity index is 310. The van der Waals surface area contributed by atoms with Gasteiger partial charge in [-0.3, -0.25) is 9.59 Å². The smallest absolute Gasteiger partial charge is 0.307 e. The fourth-order valence-corrected chi connectivity index (χ4v) is 3.23. The van der Waals surface area contributed by atoms with Crippen LogP contribution < -0.4 is 5.32 Å². The molecule has 2 N–H and O–H groups in total. The molecule has 96 valence electrons. The van der Waals surface area contributed by atoms with E-state index in [0.29, 0.717) is 12.3 Å². The first-order valence-electron chi connectivity index (χ1n) is 6.61. The van der Waals surface area contributed by atoms with Crippen LogP contribution in [-0.4, -0.2) is 23.0 Å². The Morgan fingerprint density at radius 2 is 1.71 bits per heavy atom. The highest BCUT2D eigenvalue weighted by Gasteiger charge is 2.41. The molecule has 0 aromatic rings. The third-order valence-corrected chi connectivity index (χ3v) is 4.15. The Morgan fingerprint density at radius 3 is 2.29 bits per heavy atom. The van der Waals surface area contributed by atoms with E-state index >= 15 is 0 Å². The van der Waals surface area contributed by atoms with Crippen LogP contribution >= 0.6 is 0 Å². The lowest BCUT2D eigenvalue weighted by Crippen LogP contribution is -2.40. The maximum absolute atomic E-state index is 12.1. The molecule has 4 nitrogen and oxygen atoms in total. The lowest BCUT2D eigenvalue weighted by atomic mass is 9.95. The molecule has 2 rings (SSSR count). The van der Waals surface area contributed by atoms with Crippen LogP contribution in [0.1, 0.15) is 45.4 Å². The molecule has 3 unspecified atom stereocenters. The maximum atomic E-state index is 12.1. The monoisotopic (exact) mass is 239 g/mol. The molecule has 2 aliphatic rings. The van der Waals surface area contributed by atoms with Gasteiger partial charge >= 0.3 is 5.97 Å². The Kier molecular flexibility index (Phi) is 3.69. The van der Waals surface area contributed by atoms with E-state index in [1.54, 1.807) is 0 Å². The summed E-state index contributed by atoms with van der Waals surface area (Å²) in [6.07, 6.45) is 5.80. The standard InChI is InChI=1S/C13H21NO3/c1-8-6-10(11(7-8)13(16)17)12(15)14-9-4-2-3-5-9/h8-11H,2-7H2,1H3,(H,14,15)(H,16,17). The quantitative estimate of drug-likeness (QED) is 0.789. The van der Waals surface area contributed by atoms with Crippen LogP contribution in [0.25, 0.3) is 0 Å². The third kappa shape index (κ3) is 2.79. The Labute approximate surface area is 102 Å². The summed E-state index contributed by atoms with van der Waals surface area (Å²) in [5, 5.41) is 12.2. The number of hydrogen-bond donors (Lipinski definition) is 2. The summed E-state index contributed by atoms with van der Waals surface area (Å²) in [5.41, 5.74) is 0. The zero-order chi connectivity index (χ0) is 12.4. The van der Waals surface area contributed by atoms with Gasteiger partial charge < -0.3 is 10.4 Å². The van der Waals surface area contributed by atoms with Gasteiger partial charge in [0.1, 0.15) is 0 Å². The largest absolute Gasteiger partial charge is 0.481 e. The molecule has 0 heterocycles. The summed E-state index contributed by atoms with van der Waals surface area (Å²) >= 11 is 0. The predicted molar refractivity (Wildman–Crippen MR) is 63.4 cm³/mol. The molecule has 4 heteroatoms. The predicted octanol–water partition coefficient (Wildman–Crippen LogP) is 1.79. The van der Waals surface area contributed by atoms with Crippen LogP contribution in [0.3, 0.4) is 0 Å². The van der Waals surface area contributed by atoms with Gasteiger partial charge in [0, 0.05) is 6.04 Å². The van der Waals surface area contributed by atoms with Gasteiger partial charge in [-0.15, -0.1) is 0 Å². The van der Waals surface area contributed by atoms with Crippen LogP contribution in [-0.2, 0) is 9.59 Å². The van der Waals surface area contributed by atoms with E-state index in [9.17, 15) is 9.59 Å². The van der Waals surface area contributed by atoms with Crippen molar-refractivity contribution in [3.05, 3.63) is 0 Å². The number of nitrogens with one attached hydrogen (secondary N) is 1. The Morgan fingerprint density at radius 1 is 1.12 bits per heavy atom. The second kappa shape index (κ2) is 5.07. The zero-order valence-electron chi connectivity index (χ0n) is 10.3. The zero-order valence-corrected chi connectivity index (χ0v) is 10.3. The van der Waals surface area contributed by atoms with Crippen LogP contribution in [0.15, 0.2) is 0 Å². The third-order valence-electron chi connectivity index (χ3n) is 4.15. The molecule has 2 aliphatic carbocycles. The molecule has 0 radical (unpaired) electrons. The number of hydrogen-bond acceptors (Lipinski definition) is 2. The van der Waals surface area contributed by atoms with Crippen molar-refractivity contribution in [1.29, 1.82) is 0 Å². The fourth-order valence-electron chi connectivity index (χ4n) is 3.23. The molecule has 0 aliphatic heterocycles.